The number of hydrogen-bond acceptors (Lipinski definition) is 4. The van der Waals surface area contributed by atoms with Gasteiger partial charge in [0.1, 0.15) is 5.75 Å². The van der Waals surface area contributed by atoms with E-state index in [0.29, 0.717) is 35.6 Å². The lowest BCUT2D eigenvalue weighted by Gasteiger charge is -2.25. The maximum absolute atomic E-state index is 12.4. The van der Waals surface area contributed by atoms with Gasteiger partial charge in [-0.05, 0) is 37.0 Å². The maximum Gasteiger partial charge on any atom is 0.296 e. The lowest BCUT2D eigenvalue weighted by molar-refractivity contribution is -0.139. The Kier molecular flexibility index (Phi) is 4.90. The number of hydrogen-bond donors (Lipinski definition) is 0. The van der Waals surface area contributed by atoms with Crippen molar-refractivity contribution >= 4 is 35.0 Å². The average molecular weight is 356 g/mol. The summed E-state index contributed by atoms with van der Waals surface area (Å²) in [6, 6.07) is 4.63. The molecular formula is C16H15Cl2NO4. The van der Waals surface area contributed by atoms with Gasteiger partial charge >= 0.3 is 0 Å². The molecule has 7 heteroatoms. The zero-order valence-electron chi connectivity index (χ0n) is 12.3. The molecule has 2 amide bonds. The van der Waals surface area contributed by atoms with Crippen LogP contribution in [-0.2, 0) is 14.3 Å². The smallest absolute Gasteiger partial charge is 0.296 e. The number of imide groups is 1. The second kappa shape index (κ2) is 6.91. The number of carbonyl (C=O) groups excluding carboxylic acids is 2. The highest BCUT2D eigenvalue weighted by atomic mass is 35.5. The Morgan fingerprint density at radius 2 is 1.78 bits per heavy atom. The summed E-state index contributed by atoms with van der Waals surface area (Å²) in [6.45, 7) is 1.72. The number of amides is 2. The van der Waals surface area contributed by atoms with Crippen molar-refractivity contribution in [1.29, 1.82) is 0 Å². The van der Waals surface area contributed by atoms with E-state index in [9.17, 15) is 9.59 Å². The Labute approximate surface area is 143 Å². The molecule has 1 aromatic carbocycles. The molecule has 0 atom stereocenters. The van der Waals surface area contributed by atoms with Crippen LogP contribution in [0, 0.1) is 5.92 Å². The summed E-state index contributed by atoms with van der Waals surface area (Å²) in [7, 11) is 0. The molecule has 2 heterocycles. The van der Waals surface area contributed by atoms with E-state index in [-0.39, 0.29) is 17.6 Å². The van der Waals surface area contributed by atoms with Gasteiger partial charge < -0.3 is 9.47 Å². The van der Waals surface area contributed by atoms with Gasteiger partial charge in [-0.3, -0.25) is 14.5 Å². The van der Waals surface area contributed by atoms with E-state index in [4.69, 9.17) is 32.7 Å². The number of rotatable bonds is 4. The lowest BCUT2D eigenvalue weighted by atomic mass is 10.00. The Balaban J connectivity index is 1.68. The minimum Gasteiger partial charge on any atom is -0.451 e. The van der Waals surface area contributed by atoms with E-state index in [1.54, 1.807) is 6.07 Å². The van der Waals surface area contributed by atoms with E-state index < -0.39 is 5.91 Å². The first-order chi connectivity index (χ1) is 11.0. The van der Waals surface area contributed by atoms with Crippen LogP contribution < -0.4 is 4.74 Å². The number of halogens is 2. The zero-order chi connectivity index (χ0) is 16.4. The molecule has 0 bridgehead atoms. The highest BCUT2D eigenvalue weighted by Gasteiger charge is 2.34. The van der Waals surface area contributed by atoms with Crippen LogP contribution in [0.25, 0.3) is 0 Å². The third-order valence-corrected chi connectivity index (χ3v) is 4.26. The number of benzene rings is 1. The number of carbonyl (C=O) groups is 2. The summed E-state index contributed by atoms with van der Waals surface area (Å²) >= 11 is 11.8. The van der Waals surface area contributed by atoms with Gasteiger partial charge in [0.15, 0.2) is 5.76 Å². The van der Waals surface area contributed by atoms with Crippen molar-refractivity contribution in [2.24, 2.45) is 5.92 Å². The van der Waals surface area contributed by atoms with Gasteiger partial charge in [0.2, 0.25) is 0 Å². The molecule has 2 aliphatic rings. The predicted octanol–water partition coefficient (Wildman–Crippen LogP) is 3.05. The quantitative estimate of drug-likeness (QED) is 0.779. The Morgan fingerprint density at radius 3 is 2.43 bits per heavy atom. The van der Waals surface area contributed by atoms with Crippen molar-refractivity contribution in [3.8, 4) is 5.75 Å². The van der Waals surface area contributed by atoms with Gasteiger partial charge in [-0.1, -0.05) is 23.2 Å². The molecule has 5 nitrogen and oxygen atoms in total. The van der Waals surface area contributed by atoms with Gasteiger partial charge in [-0.15, -0.1) is 0 Å². The molecular weight excluding hydrogens is 341 g/mol. The molecule has 1 saturated heterocycles. The number of nitrogens with zero attached hydrogens (tertiary/aromatic N) is 1. The predicted molar refractivity (Wildman–Crippen MR) is 85.4 cm³/mol. The van der Waals surface area contributed by atoms with Crippen LogP contribution in [0.2, 0.25) is 10.0 Å². The Bertz CT molecular complexity index is 648. The fraction of sp³-hybridized carbons (Fsp3) is 0.375. The molecule has 0 radical (unpaired) electrons. The molecule has 0 aromatic heterocycles. The molecule has 0 aliphatic carbocycles. The van der Waals surface area contributed by atoms with Crippen LogP contribution in [0.5, 0.6) is 5.75 Å². The molecule has 3 rings (SSSR count). The van der Waals surface area contributed by atoms with Crippen molar-refractivity contribution in [1.82, 2.24) is 4.90 Å². The fourth-order valence-electron chi connectivity index (χ4n) is 2.63. The van der Waals surface area contributed by atoms with Crippen molar-refractivity contribution in [3.05, 3.63) is 40.1 Å². The van der Waals surface area contributed by atoms with Gasteiger partial charge in [0, 0.05) is 29.8 Å². The largest absolute Gasteiger partial charge is 0.451 e. The summed E-state index contributed by atoms with van der Waals surface area (Å²) in [6.07, 6.45) is 2.89. The van der Waals surface area contributed by atoms with Crippen LogP contribution in [0.1, 0.15) is 12.8 Å². The molecule has 0 spiro atoms. The van der Waals surface area contributed by atoms with Crippen molar-refractivity contribution in [3.63, 3.8) is 0 Å². The summed E-state index contributed by atoms with van der Waals surface area (Å²) in [5.74, 6) is -0.213. The average Bonchev–Trinajstić information content (AvgIpc) is 2.75. The van der Waals surface area contributed by atoms with Gasteiger partial charge in [0.05, 0.1) is 6.08 Å². The highest BCUT2D eigenvalue weighted by Crippen LogP contribution is 2.28. The van der Waals surface area contributed by atoms with Gasteiger partial charge in [0.25, 0.3) is 11.8 Å². The minimum absolute atomic E-state index is 0.0135. The van der Waals surface area contributed by atoms with E-state index in [2.05, 4.69) is 0 Å². The van der Waals surface area contributed by atoms with E-state index in [1.807, 2.05) is 0 Å². The number of ether oxygens (including phenoxy) is 2. The van der Waals surface area contributed by atoms with E-state index in [0.717, 1.165) is 12.8 Å². The second-order valence-corrected chi connectivity index (χ2v) is 6.40. The normalized spacial score (nSPS) is 19.2. The third-order valence-electron chi connectivity index (χ3n) is 3.82. The van der Waals surface area contributed by atoms with Crippen LogP contribution in [0.15, 0.2) is 30.0 Å². The molecule has 0 unspecified atom stereocenters. The minimum atomic E-state index is -0.433. The lowest BCUT2D eigenvalue weighted by Crippen LogP contribution is -2.37. The van der Waals surface area contributed by atoms with Crippen LogP contribution >= 0.6 is 23.2 Å². The van der Waals surface area contributed by atoms with Crippen LogP contribution in [-0.4, -0.2) is 36.5 Å². The van der Waals surface area contributed by atoms with Crippen LogP contribution in [0.4, 0.5) is 0 Å². The van der Waals surface area contributed by atoms with Crippen molar-refractivity contribution in [2.45, 2.75) is 12.8 Å². The van der Waals surface area contributed by atoms with Gasteiger partial charge in [-0.25, -0.2) is 0 Å². The van der Waals surface area contributed by atoms with Crippen molar-refractivity contribution in [2.75, 3.05) is 19.8 Å². The summed E-state index contributed by atoms with van der Waals surface area (Å²) in [4.78, 5) is 25.7. The van der Waals surface area contributed by atoms with Gasteiger partial charge in [-0.2, -0.15) is 0 Å². The first-order valence-electron chi connectivity index (χ1n) is 7.32. The first kappa shape index (κ1) is 16.3. The Hall–Kier alpha value is -1.56. The standard InChI is InChI=1S/C16H15Cl2NO4/c17-11-5-12(18)7-13(6-11)23-14-8-15(20)19(16(14)21)9-10-1-3-22-4-2-10/h5-8,10H,1-4,9H2. The molecule has 1 fully saturated rings. The highest BCUT2D eigenvalue weighted by molar-refractivity contribution is 6.34. The molecule has 2 aliphatic heterocycles. The maximum atomic E-state index is 12.4. The third kappa shape index (κ3) is 3.86. The summed E-state index contributed by atoms with van der Waals surface area (Å²) < 4.78 is 10.8. The summed E-state index contributed by atoms with van der Waals surface area (Å²) in [5.41, 5.74) is 0. The first-order valence-corrected chi connectivity index (χ1v) is 8.08. The van der Waals surface area contributed by atoms with Crippen molar-refractivity contribution < 1.29 is 19.1 Å². The molecule has 0 saturated carbocycles. The molecule has 0 N–H and O–H groups in total. The zero-order valence-corrected chi connectivity index (χ0v) is 13.8. The van der Waals surface area contributed by atoms with E-state index >= 15 is 0 Å². The van der Waals surface area contributed by atoms with Crippen LogP contribution in [0.3, 0.4) is 0 Å². The Morgan fingerprint density at radius 1 is 1.13 bits per heavy atom. The second-order valence-electron chi connectivity index (χ2n) is 5.53. The monoisotopic (exact) mass is 355 g/mol. The molecule has 122 valence electrons. The van der Waals surface area contributed by atoms with E-state index in [1.165, 1.54) is 23.1 Å². The molecule has 23 heavy (non-hydrogen) atoms. The molecule has 1 aromatic rings. The topological polar surface area (TPSA) is 55.8 Å². The fourth-order valence-corrected chi connectivity index (χ4v) is 3.14. The summed E-state index contributed by atoms with van der Waals surface area (Å²) in [5, 5.41) is 0.785. The SMILES string of the molecule is O=C1C=C(Oc2cc(Cl)cc(Cl)c2)C(=O)N1CC1CCOCC1.